The fourth-order valence-corrected chi connectivity index (χ4v) is 6.70. The number of methoxy groups -OCH3 is 2. The van der Waals surface area contributed by atoms with Gasteiger partial charge >= 0.3 is 0 Å². The Bertz CT molecular complexity index is 1530. The number of hydrogen-bond acceptors (Lipinski definition) is 6. The van der Waals surface area contributed by atoms with Crippen LogP contribution in [0.4, 0.5) is 5.69 Å². The van der Waals surface area contributed by atoms with Gasteiger partial charge in [0, 0.05) is 18.7 Å². The molecular formula is C33H41N3O6S. The molecule has 10 heteroatoms. The first-order chi connectivity index (χ1) is 20.5. The normalized spacial score (nSPS) is 14.2. The van der Waals surface area contributed by atoms with E-state index in [1.807, 2.05) is 38.1 Å². The first-order valence-electron chi connectivity index (χ1n) is 14.5. The molecule has 1 saturated carbocycles. The molecule has 0 bridgehead atoms. The third-order valence-corrected chi connectivity index (χ3v) is 9.79. The standard InChI is InChI=1S/C33H41N3O6S/c1-23-14-17-29(18-15-23)43(39,40)36(30-20-28(41-4)16-19-31(30)42-5)22-32(37)35(21-26-11-7-6-10-24(26)2)25(3)33(38)34-27-12-8-9-13-27/h6-7,10-11,14-20,25,27H,8-9,12-13,21-22H2,1-5H3,(H,34,38). The molecule has 9 nitrogen and oxygen atoms in total. The minimum Gasteiger partial charge on any atom is -0.497 e. The molecule has 230 valence electrons. The maximum Gasteiger partial charge on any atom is 0.264 e. The lowest BCUT2D eigenvalue weighted by molar-refractivity contribution is -0.139. The van der Waals surface area contributed by atoms with E-state index in [1.54, 1.807) is 31.2 Å². The average molecular weight is 608 g/mol. The lowest BCUT2D eigenvalue weighted by atomic mass is 10.1. The highest BCUT2D eigenvalue weighted by atomic mass is 32.2. The molecule has 0 saturated heterocycles. The van der Waals surface area contributed by atoms with Gasteiger partial charge in [0.25, 0.3) is 10.0 Å². The number of carbonyl (C=O) groups is 2. The molecule has 43 heavy (non-hydrogen) atoms. The first kappa shape index (κ1) is 31.9. The van der Waals surface area contributed by atoms with E-state index >= 15 is 0 Å². The SMILES string of the molecule is COc1ccc(OC)c(N(CC(=O)N(Cc2ccccc2C)C(C)C(=O)NC2CCCC2)S(=O)(=O)c2ccc(C)cc2)c1. The molecule has 1 fully saturated rings. The van der Waals surface area contributed by atoms with E-state index in [-0.39, 0.29) is 34.8 Å². The number of ether oxygens (including phenoxy) is 2. The third-order valence-electron chi connectivity index (χ3n) is 8.01. The van der Waals surface area contributed by atoms with Gasteiger partial charge in [-0.3, -0.25) is 13.9 Å². The minimum atomic E-state index is -4.25. The molecule has 1 N–H and O–H groups in total. The van der Waals surface area contributed by atoms with Crippen LogP contribution in [0.25, 0.3) is 0 Å². The largest absolute Gasteiger partial charge is 0.497 e. The van der Waals surface area contributed by atoms with Crippen molar-refractivity contribution in [3.63, 3.8) is 0 Å². The van der Waals surface area contributed by atoms with Crippen LogP contribution in [0.5, 0.6) is 11.5 Å². The van der Waals surface area contributed by atoms with Gasteiger partial charge in [0.1, 0.15) is 24.1 Å². The second-order valence-electron chi connectivity index (χ2n) is 11.0. The van der Waals surface area contributed by atoms with Crippen LogP contribution < -0.4 is 19.1 Å². The predicted octanol–water partition coefficient (Wildman–Crippen LogP) is 4.99. The second kappa shape index (κ2) is 13.9. The minimum absolute atomic E-state index is 0.0215. The molecular weight excluding hydrogens is 566 g/mol. The van der Waals surface area contributed by atoms with Crippen LogP contribution in [0.1, 0.15) is 49.3 Å². The summed E-state index contributed by atoms with van der Waals surface area (Å²) < 4.78 is 40.4. The molecule has 1 aliphatic rings. The quantitative estimate of drug-likeness (QED) is 0.311. The van der Waals surface area contributed by atoms with Gasteiger partial charge in [-0.15, -0.1) is 0 Å². The van der Waals surface area contributed by atoms with Gasteiger partial charge < -0.3 is 19.7 Å². The molecule has 3 aromatic rings. The van der Waals surface area contributed by atoms with Crippen molar-refractivity contribution in [2.45, 2.75) is 70.0 Å². The number of aryl methyl sites for hydroxylation is 2. The van der Waals surface area contributed by atoms with Crippen LogP contribution in [0.15, 0.2) is 71.6 Å². The number of hydrogen-bond donors (Lipinski definition) is 1. The summed E-state index contributed by atoms with van der Waals surface area (Å²) in [6.07, 6.45) is 3.92. The second-order valence-corrected chi connectivity index (χ2v) is 12.8. The lowest BCUT2D eigenvalue weighted by Gasteiger charge is -2.33. The van der Waals surface area contributed by atoms with Crippen molar-refractivity contribution in [2.24, 2.45) is 0 Å². The molecule has 0 radical (unpaired) electrons. The third kappa shape index (κ3) is 7.48. The van der Waals surface area contributed by atoms with Gasteiger partial charge in [-0.05, 0) is 69.0 Å². The highest BCUT2D eigenvalue weighted by molar-refractivity contribution is 7.92. The van der Waals surface area contributed by atoms with Crippen LogP contribution in [0.2, 0.25) is 0 Å². The number of anilines is 1. The molecule has 0 spiro atoms. The van der Waals surface area contributed by atoms with Crippen LogP contribution in [-0.2, 0) is 26.2 Å². The number of nitrogens with one attached hydrogen (secondary N) is 1. The first-order valence-corrected chi connectivity index (χ1v) is 15.9. The summed E-state index contributed by atoms with van der Waals surface area (Å²) in [5.41, 5.74) is 2.87. The summed E-state index contributed by atoms with van der Waals surface area (Å²) in [6, 6.07) is 18.1. The van der Waals surface area contributed by atoms with Crippen molar-refractivity contribution in [3.05, 3.63) is 83.4 Å². The van der Waals surface area contributed by atoms with E-state index in [4.69, 9.17) is 9.47 Å². The fraction of sp³-hybridized carbons (Fsp3) is 0.394. The summed E-state index contributed by atoms with van der Waals surface area (Å²) in [7, 11) is -1.34. The molecule has 2 amide bonds. The van der Waals surface area contributed by atoms with Crippen molar-refractivity contribution in [1.29, 1.82) is 0 Å². The van der Waals surface area contributed by atoms with Gasteiger partial charge in [-0.1, -0.05) is 54.8 Å². The van der Waals surface area contributed by atoms with Crippen LogP contribution in [0, 0.1) is 13.8 Å². The summed E-state index contributed by atoms with van der Waals surface area (Å²) in [5, 5.41) is 3.09. The maximum absolute atomic E-state index is 14.3. The molecule has 0 aromatic heterocycles. The zero-order valence-electron chi connectivity index (χ0n) is 25.5. The number of rotatable bonds is 12. The van der Waals surface area contributed by atoms with Gasteiger partial charge in [-0.25, -0.2) is 8.42 Å². The smallest absolute Gasteiger partial charge is 0.264 e. The van der Waals surface area contributed by atoms with E-state index in [9.17, 15) is 18.0 Å². The van der Waals surface area contributed by atoms with Crippen LogP contribution >= 0.6 is 0 Å². The van der Waals surface area contributed by atoms with Crippen molar-refractivity contribution in [2.75, 3.05) is 25.1 Å². The van der Waals surface area contributed by atoms with Crippen LogP contribution in [0.3, 0.4) is 0 Å². The Morgan fingerprint density at radius 2 is 1.63 bits per heavy atom. The predicted molar refractivity (Wildman–Crippen MR) is 167 cm³/mol. The zero-order chi connectivity index (χ0) is 31.1. The molecule has 1 unspecified atom stereocenters. The zero-order valence-corrected chi connectivity index (χ0v) is 26.3. The topological polar surface area (TPSA) is 105 Å². The van der Waals surface area contributed by atoms with E-state index in [1.165, 1.54) is 37.3 Å². The van der Waals surface area contributed by atoms with E-state index in [2.05, 4.69) is 5.32 Å². The lowest BCUT2D eigenvalue weighted by Crippen LogP contribution is -2.52. The summed E-state index contributed by atoms with van der Waals surface area (Å²) in [5.74, 6) is -0.145. The Hall–Kier alpha value is -4.05. The summed E-state index contributed by atoms with van der Waals surface area (Å²) in [6.45, 7) is 5.07. The Morgan fingerprint density at radius 3 is 2.26 bits per heavy atom. The van der Waals surface area contributed by atoms with E-state index < -0.39 is 28.5 Å². The van der Waals surface area contributed by atoms with Crippen molar-refractivity contribution < 1.29 is 27.5 Å². The van der Waals surface area contributed by atoms with Crippen molar-refractivity contribution in [3.8, 4) is 11.5 Å². The van der Waals surface area contributed by atoms with Gasteiger partial charge in [0.15, 0.2) is 0 Å². The molecule has 1 atom stereocenters. The molecule has 4 rings (SSSR count). The van der Waals surface area contributed by atoms with Crippen molar-refractivity contribution >= 4 is 27.5 Å². The summed E-state index contributed by atoms with van der Waals surface area (Å²) >= 11 is 0. The number of sulfonamides is 1. The number of amides is 2. The molecule has 0 heterocycles. The number of nitrogens with zero attached hydrogens (tertiary/aromatic N) is 2. The van der Waals surface area contributed by atoms with Crippen molar-refractivity contribution in [1.82, 2.24) is 10.2 Å². The Kier molecular flexibility index (Phi) is 10.3. The highest BCUT2D eigenvalue weighted by Crippen LogP contribution is 2.36. The Labute approximate surface area is 254 Å². The van der Waals surface area contributed by atoms with Gasteiger partial charge in [-0.2, -0.15) is 0 Å². The van der Waals surface area contributed by atoms with E-state index in [0.29, 0.717) is 5.75 Å². The Balaban J connectivity index is 1.76. The Morgan fingerprint density at radius 1 is 0.953 bits per heavy atom. The van der Waals surface area contributed by atoms with Gasteiger partial charge in [0.2, 0.25) is 11.8 Å². The van der Waals surface area contributed by atoms with Gasteiger partial charge in [0.05, 0.1) is 24.8 Å². The summed E-state index contributed by atoms with van der Waals surface area (Å²) in [4.78, 5) is 29.2. The van der Waals surface area contributed by atoms with E-state index in [0.717, 1.165) is 46.7 Å². The monoisotopic (exact) mass is 607 g/mol. The van der Waals surface area contributed by atoms with Crippen LogP contribution in [-0.4, -0.2) is 58.0 Å². The maximum atomic E-state index is 14.3. The fourth-order valence-electron chi connectivity index (χ4n) is 5.29. The molecule has 1 aliphatic carbocycles. The number of carbonyl (C=O) groups excluding carboxylic acids is 2. The molecule has 3 aromatic carbocycles. The number of benzene rings is 3. The average Bonchev–Trinajstić information content (AvgIpc) is 3.51. The highest BCUT2D eigenvalue weighted by Gasteiger charge is 2.35. The molecule has 0 aliphatic heterocycles.